The lowest BCUT2D eigenvalue weighted by molar-refractivity contribution is 0.0682. The Balaban J connectivity index is 2.39. The van der Waals surface area contributed by atoms with Gasteiger partial charge in [0.15, 0.2) is 5.43 Å². The maximum atomic E-state index is 12.1. The number of hydrogen-bond acceptors (Lipinski definition) is 2. The number of aromatic carboxylic acids is 1. The summed E-state index contributed by atoms with van der Waals surface area (Å²) in [6.45, 7) is 0. The molecule has 20 heavy (non-hydrogen) atoms. The third-order valence-electron chi connectivity index (χ3n) is 3.92. The lowest BCUT2D eigenvalue weighted by Gasteiger charge is -2.20. The predicted molar refractivity (Wildman–Crippen MR) is 77.7 cm³/mol. The number of carbonyl (C=O) groups is 1. The third-order valence-corrected chi connectivity index (χ3v) is 4.16. The van der Waals surface area contributed by atoms with Crippen LogP contribution >= 0.6 is 11.6 Å². The summed E-state index contributed by atoms with van der Waals surface area (Å²) >= 11 is 6.02. The Labute approximate surface area is 120 Å². The number of fused-ring (bicyclic) bond motifs is 1. The minimum absolute atomic E-state index is 0.0525. The summed E-state index contributed by atoms with van der Waals surface area (Å²) < 4.78 is 1.78. The minimum atomic E-state index is -1.07. The van der Waals surface area contributed by atoms with Gasteiger partial charge in [-0.3, -0.25) is 4.79 Å². The van der Waals surface area contributed by atoms with E-state index < -0.39 is 5.97 Å². The molecule has 0 unspecified atom stereocenters. The molecule has 1 aromatic carbocycles. The average Bonchev–Trinajstić information content (AvgIpc) is 2.91. The molecule has 2 aromatic rings. The van der Waals surface area contributed by atoms with E-state index in [2.05, 4.69) is 0 Å². The zero-order valence-corrected chi connectivity index (χ0v) is 11.6. The molecule has 0 saturated heterocycles. The second-order valence-electron chi connectivity index (χ2n) is 5.17. The summed E-state index contributed by atoms with van der Waals surface area (Å²) in [7, 11) is 0. The van der Waals surface area contributed by atoms with Crippen molar-refractivity contribution in [2.45, 2.75) is 31.7 Å². The van der Waals surface area contributed by atoms with Crippen LogP contribution in [0.4, 0.5) is 0 Å². The van der Waals surface area contributed by atoms with Crippen molar-refractivity contribution in [2.24, 2.45) is 0 Å². The van der Waals surface area contributed by atoms with Crippen LogP contribution in [0.25, 0.3) is 10.9 Å². The quantitative estimate of drug-likeness (QED) is 0.921. The molecule has 1 aliphatic carbocycles. The van der Waals surface area contributed by atoms with Gasteiger partial charge in [0.1, 0.15) is 5.69 Å². The maximum absolute atomic E-state index is 12.1. The number of hydrogen-bond donors (Lipinski definition) is 1. The molecule has 1 aliphatic rings. The highest BCUT2D eigenvalue weighted by atomic mass is 35.5. The highest BCUT2D eigenvalue weighted by molar-refractivity contribution is 6.31. The van der Waals surface area contributed by atoms with E-state index in [-0.39, 0.29) is 17.2 Å². The third kappa shape index (κ3) is 2.10. The predicted octanol–water partition coefficient (Wildman–Crippen LogP) is 3.47. The highest BCUT2D eigenvalue weighted by Gasteiger charge is 2.24. The van der Waals surface area contributed by atoms with E-state index in [9.17, 15) is 14.7 Å². The van der Waals surface area contributed by atoms with Crippen LogP contribution in [0.5, 0.6) is 0 Å². The van der Waals surface area contributed by atoms with Gasteiger partial charge >= 0.3 is 5.97 Å². The molecule has 4 nitrogen and oxygen atoms in total. The van der Waals surface area contributed by atoms with Crippen molar-refractivity contribution < 1.29 is 9.90 Å². The molecule has 1 fully saturated rings. The molecule has 0 aliphatic heterocycles. The summed E-state index contributed by atoms with van der Waals surface area (Å²) in [5.41, 5.74) is 0.397. The van der Waals surface area contributed by atoms with Crippen LogP contribution in [-0.4, -0.2) is 15.6 Å². The number of aromatic nitrogens is 1. The van der Waals surface area contributed by atoms with E-state index in [1.165, 1.54) is 6.07 Å². The number of carboxylic acid groups (broad SMARTS) is 1. The molecular weight excluding hydrogens is 278 g/mol. The van der Waals surface area contributed by atoms with E-state index in [1.807, 2.05) is 0 Å². The lowest BCUT2D eigenvalue weighted by Crippen LogP contribution is -2.20. The number of benzene rings is 1. The number of carboxylic acids is 1. The zero-order valence-electron chi connectivity index (χ0n) is 10.8. The first-order valence-corrected chi connectivity index (χ1v) is 7.04. The van der Waals surface area contributed by atoms with Crippen LogP contribution in [-0.2, 0) is 0 Å². The molecule has 0 bridgehead atoms. The fraction of sp³-hybridized carbons (Fsp3) is 0.333. The van der Waals surface area contributed by atoms with Crippen LogP contribution in [0.2, 0.25) is 5.02 Å². The number of halogens is 1. The number of nitrogens with zero attached hydrogens (tertiary/aromatic N) is 1. The smallest absolute Gasteiger partial charge is 0.352 e. The summed E-state index contributed by atoms with van der Waals surface area (Å²) in [6.07, 6.45) is 4.03. The van der Waals surface area contributed by atoms with E-state index in [1.54, 1.807) is 22.8 Å². The first-order chi connectivity index (χ1) is 9.58. The van der Waals surface area contributed by atoms with Gasteiger partial charge in [0.2, 0.25) is 0 Å². The summed E-state index contributed by atoms with van der Waals surface area (Å²) in [5.74, 6) is -1.07. The van der Waals surface area contributed by atoms with E-state index in [0.29, 0.717) is 15.9 Å². The van der Waals surface area contributed by atoms with Gasteiger partial charge in [-0.05, 0) is 31.0 Å². The molecule has 1 saturated carbocycles. The molecule has 5 heteroatoms. The van der Waals surface area contributed by atoms with Gasteiger partial charge in [-0.2, -0.15) is 0 Å². The Morgan fingerprint density at radius 1 is 1.25 bits per heavy atom. The van der Waals surface area contributed by atoms with Crippen molar-refractivity contribution in [1.29, 1.82) is 0 Å². The van der Waals surface area contributed by atoms with Crippen molar-refractivity contribution in [2.75, 3.05) is 0 Å². The molecule has 1 heterocycles. The second kappa shape index (κ2) is 4.94. The van der Waals surface area contributed by atoms with Crippen LogP contribution in [0.1, 0.15) is 42.2 Å². The zero-order chi connectivity index (χ0) is 14.3. The van der Waals surface area contributed by atoms with Gasteiger partial charge in [0.25, 0.3) is 0 Å². The Kier molecular flexibility index (Phi) is 3.26. The average molecular weight is 292 g/mol. The largest absolute Gasteiger partial charge is 0.477 e. The van der Waals surface area contributed by atoms with Gasteiger partial charge in [0.05, 0.1) is 5.52 Å². The highest BCUT2D eigenvalue weighted by Crippen LogP contribution is 2.33. The Bertz CT molecular complexity index is 745. The van der Waals surface area contributed by atoms with Gasteiger partial charge in [-0.1, -0.05) is 24.4 Å². The summed E-state index contributed by atoms with van der Waals surface area (Å²) in [4.78, 5) is 23.5. The van der Waals surface area contributed by atoms with Gasteiger partial charge in [0, 0.05) is 22.5 Å². The van der Waals surface area contributed by atoms with Crippen LogP contribution in [0, 0.1) is 0 Å². The van der Waals surface area contributed by atoms with Gasteiger partial charge < -0.3 is 9.67 Å². The maximum Gasteiger partial charge on any atom is 0.352 e. The van der Waals surface area contributed by atoms with Crippen LogP contribution in [0.3, 0.4) is 0 Å². The number of pyridine rings is 1. The molecule has 0 spiro atoms. The van der Waals surface area contributed by atoms with Crippen molar-refractivity contribution in [3.05, 3.63) is 45.2 Å². The standard InChI is InChI=1S/C15H14ClNO3/c16-9-5-6-11-12(7-9)17(10-3-1-2-4-10)13(15(19)20)8-14(11)18/h5-8,10H,1-4H2,(H,19,20). The molecular formula is C15H14ClNO3. The lowest BCUT2D eigenvalue weighted by atomic mass is 10.1. The van der Waals surface area contributed by atoms with Gasteiger partial charge in [-0.15, -0.1) is 0 Å². The van der Waals surface area contributed by atoms with Crippen molar-refractivity contribution in [3.8, 4) is 0 Å². The summed E-state index contributed by atoms with van der Waals surface area (Å²) in [5, 5.41) is 10.4. The fourth-order valence-corrected chi connectivity index (χ4v) is 3.20. The van der Waals surface area contributed by atoms with Crippen LogP contribution < -0.4 is 5.43 Å². The molecule has 1 N–H and O–H groups in total. The van der Waals surface area contributed by atoms with Crippen LogP contribution in [0.15, 0.2) is 29.1 Å². The topological polar surface area (TPSA) is 59.3 Å². The van der Waals surface area contributed by atoms with E-state index in [0.717, 1.165) is 25.7 Å². The molecule has 0 amide bonds. The molecule has 1 aromatic heterocycles. The molecule has 0 atom stereocenters. The van der Waals surface area contributed by atoms with Crippen molar-refractivity contribution >= 4 is 28.5 Å². The normalized spacial score (nSPS) is 15.8. The Morgan fingerprint density at radius 3 is 2.60 bits per heavy atom. The van der Waals surface area contributed by atoms with E-state index in [4.69, 9.17) is 11.6 Å². The van der Waals surface area contributed by atoms with Crippen molar-refractivity contribution in [3.63, 3.8) is 0 Å². The minimum Gasteiger partial charge on any atom is -0.477 e. The molecule has 104 valence electrons. The molecule has 0 radical (unpaired) electrons. The molecule has 3 rings (SSSR count). The number of rotatable bonds is 2. The Morgan fingerprint density at radius 2 is 1.95 bits per heavy atom. The summed E-state index contributed by atoms with van der Waals surface area (Å²) in [6, 6.07) is 6.35. The second-order valence-corrected chi connectivity index (χ2v) is 5.61. The first-order valence-electron chi connectivity index (χ1n) is 6.66. The Hall–Kier alpha value is -1.81. The SMILES string of the molecule is O=C(O)c1cc(=O)c2ccc(Cl)cc2n1C1CCCC1. The first kappa shape index (κ1) is 13.2. The van der Waals surface area contributed by atoms with E-state index >= 15 is 0 Å². The van der Waals surface area contributed by atoms with Crippen molar-refractivity contribution in [1.82, 2.24) is 4.57 Å². The monoisotopic (exact) mass is 291 g/mol. The fourth-order valence-electron chi connectivity index (χ4n) is 3.03. The van der Waals surface area contributed by atoms with Gasteiger partial charge in [-0.25, -0.2) is 4.79 Å².